The van der Waals surface area contributed by atoms with Gasteiger partial charge in [0.1, 0.15) is 5.75 Å². The second-order valence-electron chi connectivity index (χ2n) is 7.44. The Bertz CT molecular complexity index is 1070. The first kappa shape index (κ1) is 16.7. The smallest absolute Gasteiger partial charge is 0.167 e. The van der Waals surface area contributed by atoms with Gasteiger partial charge in [0, 0.05) is 23.6 Å². The Labute approximate surface area is 155 Å². The average molecular weight is 341 g/mol. The van der Waals surface area contributed by atoms with Crippen LogP contribution < -0.4 is 4.74 Å². The number of fused-ring (bicyclic) bond motifs is 2. The number of aromatic nitrogens is 1. The van der Waals surface area contributed by atoms with E-state index < -0.39 is 5.60 Å². The highest BCUT2D eigenvalue weighted by Gasteiger charge is 2.31. The molecule has 0 radical (unpaired) electrons. The summed E-state index contributed by atoms with van der Waals surface area (Å²) in [5.41, 5.74) is 6.61. The van der Waals surface area contributed by atoms with Gasteiger partial charge in [-0.3, -0.25) is 4.98 Å². The molecule has 2 heteroatoms. The lowest BCUT2D eigenvalue weighted by atomic mass is 9.88. The van der Waals surface area contributed by atoms with Gasteiger partial charge >= 0.3 is 0 Å². The zero-order chi connectivity index (χ0) is 18.3. The van der Waals surface area contributed by atoms with Crippen molar-refractivity contribution < 1.29 is 4.74 Å². The minimum atomic E-state index is -0.469. The maximum atomic E-state index is 6.43. The summed E-state index contributed by atoms with van der Waals surface area (Å²) in [6.07, 6.45) is 3.75. The van der Waals surface area contributed by atoms with Gasteiger partial charge in [-0.05, 0) is 68.5 Å². The molecule has 26 heavy (non-hydrogen) atoms. The van der Waals surface area contributed by atoms with Gasteiger partial charge in [-0.1, -0.05) is 36.1 Å². The van der Waals surface area contributed by atoms with Crippen LogP contribution in [0.5, 0.6) is 5.75 Å². The molecule has 0 saturated carbocycles. The highest BCUT2D eigenvalue weighted by atomic mass is 16.5. The third-order valence-corrected chi connectivity index (χ3v) is 5.36. The first-order valence-corrected chi connectivity index (χ1v) is 9.12. The van der Waals surface area contributed by atoms with Crippen molar-refractivity contribution in [3.05, 3.63) is 70.4 Å². The normalized spacial score (nSPS) is 18.6. The molecule has 130 valence electrons. The summed E-state index contributed by atoms with van der Waals surface area (Å²) >= 11 is 0. The quantitative estimate of drug-likeness (QED) is 0.518. The lowest BCUT2D eigenvalue weighted by molar-refractivity contribution is 0.123. The van der Waals surface area contributed by atoms with E-state index in [-0.39, 0.29) is 0 Å². The molecular formula is C24H23NO. The molecule has 1 aliphatic heterocycles. The zero-order valence-corrected chi connectivity index (χ0v) is 15.8. The summed E-state index contributed by atoms with van der Waals surface area (Å²) < 4.78 is 6.43. The number of pyridine rings is 1. The maximum absolute atomic E-state index is 6.43. The van der Waals surface area contributed by atoms with Crippen molar-refractivity contribution in [1.29, 1.82) is 0 Å². The standard InChI is InChI=1S/C24H23NO/c1-16-13-17(2)21-10-12-24(4,26-23(21)18(16)3)11-9-19-14-20-7-5-6-8-22(20)25-15-19/h5-8,13-15H,10,12H2,1-4H3. The maximum Gasteiger partial charge on any atom is 0.167 e. The number of ether oxygens (including phenoxy) is 1. The Hall–Kier alpha value is -2.79. The van der Waals surface area contributed by atoms with Crippen LogP contribution >= 0.6 is 0 Å². The van der Waals surface area contributed by atoms with Gasteiger partial charge in [0.15, 0.2) is 5.60 Å². The summed E-state index contributed by atoms with van der Waals surface area (Å²) in [6, 6.07) is 12.5. The van der Waals surface area contributed by atoms with Crippen molar-refractivity contribution in [2.24, 2.45) is 0 Å². The van der Waals surface area contributed by atoms with E-state index in [1.807, 2.05) is 24.4 Å². The zero-order valence-electron chi connectivity index (χ0n) is 15.8. The molecule has 2 aromatic carbocycles. The van der Waals surface area contributed by atoms with Crippen LogP contribution in [0.1, 0.15) is 41.2 Å². The van der Waals surface area contributed by atoms with Gasteiger partial charge in [-0.15, -0.1) is 0 Å². The highest BCUT2D eigenvalue weighted by molar-refractivity contribution is 5.79. The summed E-state index contributed by atoms with van der Waals surface area (Å²) in [6.45, 7) is 8.54. The van der Waals surface area contributed by atoms with E-state index in [0.717, 1.165) is 35.1 Å². The van der Waals surface area contributed by atoms with Gasteiger partial charge in [-0.2, -0.15) is 0 Å². The van der Waals surface area contributed by atoms with E-state index in [4.69, 9.17) is 4.74 Å². The molecule has 4 rings (SSSR count). The molecule has 0 amide bonds. The first-order chi connectivity index (χ1) is 12.5. The largest absolute Gasteiger partial charge is 0.474 e. The van der Waals surface area contributed by atoms with Crippen LogP contribution in [0.25, 0.3) is 10.9 Å². The molecule has 1 aromatic heterocycles. The fourth-order valence-electron chi connectivity index (χ4n) is 3.63. The first-order valence-electron chi connectivity index (χ1n) is 9.12. The Morgan fingerprint density at radius 3 is 2.73 bits per heavy atom. The fraction of sp³-hybridized carbons (Fsp3) is 0.292. The van der Waals surface area contributed by atoms with Crippen molar-refractivity contribution in [3.63, 3.8) is 0 Å². The van der Waals surface area contributed by atoms with Crippen LogP contribution in [0, 0.1) is 32.6 Å². The monoisotopic (exact) mass is 341 g/mol. The third-order valence-electron chi connectivity index (χ3n) is 5.36. The number of aryl methyl sites for hydroxylation is 2. The fourth-order valence-corrected chi connectivity index (χ4v) is 3.63. The summed E-state index contributed by atoms with van der Waals surface area (Å²) in [7, 11) is 0. The molecular weight excluding hydrogens is 318 g/mol. The van der Waals surface area contributed by atoms with E-state index >= 15 is 0 Å². The summed E-state index contributed by atoms with van der Waals surface area (Å²) in [5.74, 6) is 7.69. The molecule has 0 aliphatic carbocycles. The van der Waals surface area contributed by atoms with Crippen molar-refractivity contribution >= 4 is 10.9 Å². The van der Waals surface area contributed by atoms with Crippen molar-refractivity contribution in [2.45, 2.75) is 46.1 Å². The van der Waals surface area contributed by atoms with Crippen molar-refractivity contribution in [3.8, 4) is 17.6 Å². The number of para-hydroxylation sites is 1. The molecule has 0 saturated heterocycles. The van der Waals surface area contributed by atoms with Crippen LogP contribution in [-0.4, -0.2) is 10.6 Å². The number of benzene rings is 2. The SMILES string of the molecule is Cc1cc(C)c2c(c1C)OC(C)(C#Cc1cnc3ccccc3c1)CC2. The molecule has 2 heterocycles. The molecule has 1 atom stereocenters. The second-order valence-corrected chi connectivity index (χ2v) is 7.44. The number of hydrogen-bond donors (Lipinski definition) is 0. The molecule has 0 bridgehead atoms. The lowest BCUT2D eigenvalue weighted by Crippen LogP contribution is -2.35. The van der Waals surface area contributed by atoms with Gasteiger partial charge < -0.3 is 4.74 Å². The van der Waals surface area contributed by atoms with Gasteiger partial charge in [0.05, 0.1) is 5.52 Å². The van der Waals surface area contributed by atoms with Crippen molar-refractivity contribution in [2.75, 3.05) is 0 Å². The number of rotatable bonds is 0. The van der Waals surface area contributed by atoms with Gasteiger partial charge in [0.2, 0.25) is 0 Å². The molecule has 1 aliphatic rings. The predicted molar refractivity (Wildman–Crippen MR) is 107 cm³/mol. The molecule has 0 fully saturated rings. The van der Waals surface area contributed by atoms with Crippen LogP contribution in [0.4, 0.5) is 0 Å². The average Bonchev–Trinajstić information content (AvgIpc) is 2.64. The minimum absolute atomic E-state index is 0.469. The Kier molecular flexibility index (Phi) is 3.96. The second kappa shape index (κ2) is 6.18. The van der Waals surface area contributed by atoms with Crippen molar-refractivity contribution in [1.82, 2.24) is 4.98 Å². The van der Waals surface area contributed by atoms with Gasteiger partial charge in [0.25, 0.3) is 0 Å². The Balaban J connectivity index is 1.68. The van der Waals surface area contributed by atoms with E-state index in [9.17, 15) is 0 Å². The van der Waals surface area contributed by atoms with E-state index in [1.165, 1.54) is 22.3 Å². The molecule has 3 aromatic rings. The Morgan fingerprint density at radius 2 is 1.88 bits per heavy atom. The molecule has 2 nitrogen and oxygen atoms in total. The Morgan fingerprint density at radius 1 is 1.08 bits per heavy atom. The lowest BCUT2D eigenvalue weighted by Gasteiger charge is -2.34. The van der Waals surface area contributed by atoms with Crippen LogP contribution in [0.2, 0.25) is 0 Å². The number of nitrogens with zero attached hydrogens (tertiary/aromatic N) is 1. The molecule has 0 spiro atoms. The van der Waals surface area contributed by atoms with Crippen LogP contribution in [0.15, 0.2) is 42.6 Å². The van der Waals surface area contributed by atoms with E-state index in [0.29, 0.717) is 0 Å². The summed E-state index contributed by atoms with van der Waals surface area (Å²) in [5, 5.41) is 1.11. The predicted octanol–water partition coefficient (Wildman–Crippen LogP) is 5.30. The number of hydrogen-bond acceptors (Lipinski definition) is 2. The van der Waals surface area contributed by atoms with Gasteiger partial charge in [-0.25, -0.2) is 0 Å². The van der Waals surface area contributed by atoms with E-state index in [2.05, 4.69) is 62.7 Å². The van der Waals surface area contributed by atoms with Crippen LogP contribution in [0.3, 0.4) is 0 Å². The van der Waals surface area contributed by atoms with E-state index in [1.54, 1.807) is 0 Å². The molecule has 0 N–H and O–H groups in total. The molecule has 1 unspecified atom stereocenters. The topological polar surface area (TPSA) is 22.1 Å². The minimum Gasteiger partial charge on any atom is -0.474 e. The summed E-state index contributed by atoms with van der Waals surface area (Å²) in [4.78, 5) is 4.50. The van der Waals surface area contributed by atoms with Crippen LogP contribution in [-0.2, 0) is 6.42 Å². The third kappa shape index (κ3) is 2.95. The highest BCUT2D eigenvalue weighted by Crippen LogP contribution is 2.38.